The number of carboxylic acids is 1. The Morgan fingerprint density at radius 3 is 1.81 bits per heavy atom. The van der Waals surface area contributed by atoms with E-state index in [9.17, 15) is 27.6 Å². The number of carboxylic acid groups (broad SMARTS) is 1. The summed E-state index contributed by atoms with van der Waals surface area (Å²) in [6.07, 6.45) is 1.87. The molecule has 12 heteroatoms. The molecule has 2 amide bonds. The van der Waals surface area contributed by atoms with E-state index in [2.05, 4.69) is 0 Å². The lowest BCUT2D eigenvalue weighted by molar-refractivity contribution is -0.144. The van der Waals surface area contributed by atoms with Crippen molar-refractivity contribution in [3.63, 3.8) is 0 Å². The van der Waals surface area contributed by atoms with Gasteiger partial charge in [0.2, 0.25) is 0 Å². The summed E-state index contributed by atoms with van der Waals surface area (Å²) in [5.41, 5.74) is 0. The lowest BCUT2D eigenvalue weighted by atomic mass is 10.2. The van der Waals surface area contributed by atoms with Gasteiger partial charge in [-0.15, -0.1) is 0 Å². The first kappa shape index (κ1) is 30.2. The number of esters is 1. The van der Waals surface area contributed by atoms with Crippen LogP contribution in [0.5, 0.6) is 0 Å². The van der Waals surface area contributed by atoms with E-state index in [1.165, 1.54) is 9.80 Å². The third-order valence-electron chi connectivity index (χ3n) is 4.61. The third-order valence-corrected chi connectivity index (χ3v) is 7.22. The molecule has 2 unspecified atom stereocenters. The molecule has 0 radical (unpaired) electrons. The number of rotatable bonds is 16. The monoisotopic (exact) mass is 496 g/mol. The van der Waals surface area contributed by atoms with Crippen LogP contribution in [0.1, 0.15) is 59.3 Å². The topological polar surface area (TPSA) is 138 Å². The molecule has 32 heavy (non-hydrogen) atoms. The van der Waals surface area contributed by atoms with E-state index >= 15 is 0 Å². The number of carbonyl (C=O) groups is 4. The van der Waals surface area contributed by atoms with Gasteiger partial charge in [0.1, 0.15) is 28.2 Å². The molecule has 0 saturated carbocycles. The highest BCUT2D eigenvalue weighted by atomic mass is 32.2. The molecule has 1 N–H and O–H groups in total. The second kappa shape index (κ2) is 17.7. The van der Waals surface area contributed by atoms with Crippen molar-refractivity contribution in [2.75, 3.05) is 44.3 Å². The number of carbonyl (C=O) groups excluding carboxylic acids is 3. The highest BCUT2D eigenvalue weighted by molar-refractivity contribution is 8.00. The van der Waals surface area contributed by atoms with Gasteiger partial charge in [0.05, 0.1) is 6.54 Å². The van der Waals surface area contributed by atoms with Gasteiger partial charge in [0, 0.05) is 44.0 Å². The number of likely N-dealkylation sites (N-methyl/N-ethyl adjacent to an activating group) is 1. The van der Waals surface area contributed by atoms with E-state index in [0.717, 1.165) is 0 Å². The van der Waals surface area contributed by atoms with Crippen molar-refractivity contribution in [2.24, 2.45) is 0 Å². The molecule has 186 valence electrons. The van der Waals surface area contributed by atoms with Gasteiger partial charge in [0.25, 0.3) is 0 Å². The molecule has 0 spiro atoms. The maximum Gasteiger partial charge on any atom is 0.311 e. The summed E-state index contributed by atoms with van der Waals surface area (Å²) in [6, 6.07) is 0. The van der Waals surface area contributed by atoms with Gasteiger partial charge >= 0.3 is 22.4 Å². The van der Waals surface area contributed by atoms with Crippen molar-refractivity contribution >= 4 is 44.0 Å². The fourth-order valence-corrected chi connectivity index (χ4v) is 4.98. The van der Waals surface area contributed by atoms with Crippen LogP contribution < -0.4 is 0 Å². The van der Waals surface area contributed by atoms with Crippen LogP contribution in [0.4, 0.5) is 9.59 Å². The highest BCUT2D eigenvalue weighted by Crippen LogP contribution is 2.06. The second-order valence-electron chi connectivity index (χ2n) is 6.91. The number of unbranched alkanes of at least 4 members (excludes halogenated alkanes) is 2. The Balaban J connectivity index is 4.17. The first-order chi connectivity index (χ1) is 15.2. The molecule has 0 aromatic heterocycles. The molecule has 0 saturated heterocycles. The SMILES string of the molecule is CCN(CC)C(=O)S(=O)CCCC(=O)OCCN(CC)C(=O)S(=O)CCCCCC(=O)O. The molecule has 0 bridgehead atoms. The van der Waals surface area contributed by atoms with Crippen LogP contribution in [-0.4, -0.2) is 90.0 Å². The van der Waals surface area contributed by atoms with E-state index < -0.39 is 44.0 Å². The molecule has 0 aliphatic rings. The van der Waals surface area contributed by atoms with Gasteiger partial charge in [-0.2, -0.15) is 0 Å². The highest BCUT2D eigenvalue weighted by Gasteiger charge is 2.20. The standard InChI is InChI=1S/C20H36N2O8S2/c1-4-21(5-2)19(26)32(29)16-10-12-18(25)30-14-13-22(6-3)20(27)31(28)15-9-7-8-11-17(23)24/h4-16H2,1-3H3,(H,23,24). The Bertz CT molecular complexity index is 668. The molecule has 0 rings (SSSR count). The van der Waals surface area contributed by atoms with Gasteiger partial charge < -0.3 is 19.6 Å². The molecule has 0 aromatic rings. The van der Waals surface area contributed by atoms with Crippen LogP contribution >= 0.6 is 0 Å². The van der Waals surface area contributed by atoms with Crippen molar-refractivity contribution in [1.82, 2.24) is 9.80 Å². The van der Waals surface area contributed by atoms with Crippen LogP contribution in [0, 0.1) is 0 Å². The van der Waals surface area contributed by atoms with Crippen LogP contribution in [0.25, 0.3) is 0 Å². The lowest BCUT2D eigenvalue weighted by Crippen LogP contribution is -2.36. The van der Waals surface area contributed by atoms with Gasteiger partial charge in [-0.3, -0.25) is 19.2 Å². The molecule has 0 fully saturated rings. The number of nitrogens with zero attached hydrogens (tertiary/aromatic N) is 2. The predicted octanol–water partition coefficient (Wildman–Crippen LogP) is 2.36. The summed E-state index contributed by atoms with van der Waals surface area (Å²) in [6.45, 7) is 6.67. The van der Waals surface area contributed by atoms with Crippen LogP contribution in [0.15, 0.2) is 0 Å². The first-order valence-corrected chi connectivity index (χ1v) is 13.5. The summed E-state index contributed by atoms with van der Waals surface area (Å²) in [4.78, 5) is 49.3. The van der Waals surface area contributed by atoms with E-state index in [-0.39, 0.29) is 43.9 Å². The maximum atomic E-state index is 12.3. The summed E-state index contributed by atoms with van der Waals surface area (Å²) in [5, 5.41) is 7.61. The number of aliphatic carboxylic acids is 1. The van der Waals surface area contributed by atoms with Gasteiger partial charge in [-0.25, -0.2) is 8.42 Å². The van der Waals surface area contributed by atoms with Gasteiger partial charge in [-0.05, 0) is 40.0 Å². The van der Waals surface area contributed by atoms with E-state index in [1.807, 2.05) is 0 Å². The van der Waals surface area contributed by atoms with Crippen molar-refractivity contribution in [3.05, 3.63) is 0 Å². The normalized spacial score (nSPS) is 12.6. The largest absolute Gasteiger partial charge is 0.481 e. The quantitative estimate of drug-likeness (QED) is 0.254. The molecular formula is C20H36N2O8S2. The summed E-state index contributed by atoms with van der Waals surface area (Å²) >= 11 is 0. The van der Waals surface area contributed by atoms with Crippen molar-refractivity contribution < 1.29 is 37.4 Å². The molecule has 0 heterocycles. The van der Waals surface area contributed by atoms with E-state index in [4.69, 9.17) is 9.84 Å². The fraction of sp³-hybridized carbons (Fsp3) is 0.800. The van der Waals surface area contributed by atoms with Crippen molar-refractivity contribution in [3.8, 4) is 0 Å². The Morgan fingerprint density at radius 2 is 1.28 bits per heavy atom. The van der Waals surface area contributed by atoms with Crippen LogP contribution in [0.2, 0.25) is 0 Å². The Hall–Kier alpha value is -1.82. The Morgan fingerprint density at radius 1 is 0.750 bits per heavy atom. The fourth-order valence-electron chi connectivity index (χ4n) is 2.70. The minimum absolute atomic E-state index is 0.0135. The number of amides is 2. The molecule has 10 nitrogen and oxygen atoms in total. The zero-order chi connectivity index (χ0) is 24.5. The van der Waals surface area contributed by atoms with Crippen LogP contribution in [0.3, 0.4) is 0 Å². The third kappa shape index (κ3) is 12.9. The molecule has 0 aromatic carbocycles. The van der Waals surface area contributed by atoms with Gasteiger partial charge in [0.15, 0.2) is 0 Å². The molecule has 2 atom stereocenters. The number of hydrogen-bond acceptors (Lipinski definition) is 7. The van der Waals surface area contributed by atoms with Crippen molar-refractivity contribution in [2.45, 2.75) is 59.3 Å². The van der Waals surface area contributed by atoms with Gasteiger partial charge in [-0.1, -0.05) is 6.42 Å². The summed E-state index contributed by atoms with van der Waals surface area (Å²) in [5.74, 6) is -1.15. The first-order valence-electron chi connectivity index (χ1n) is 10.9. The smallest absolute Gasteiger partial charge is 0.311 e. The predicted molar refractivity (Wildman–Crippen MR) is 123 cm³/mol. The summed E-state index contributed by atoms with van der Waals surface area (Å²) in [7, 11) is -3.39. The minimum atomic E-state index is -1.71. The maximum absolute atomic E-state index is 12.3. The molecule has 0 aliphatic heterocycles. The van der Waals surface area contributed by atoms with Crippen molar-refractivity contribution in [1.29, 1.82) is 0 Å². The zero-order valence-electron chi connectivity index (χ0n) is 19.2. The lowest BCUT2D eigenvalue weighted by Gasteiger charge is -2.20. The Labute approximate surface area is 194 Å². The average Bonchev–Trinajstić information content (AvgIpc) is 2.76. The molecule has 0 aliphatic carbocycles. The number of hydrogen-bond donors (Lipinski definition) is 1. The number of ether oxygens (including phenoxy) is 1. The van der Waals surface area contributed by atoms with Crippen LogP contribution in [-0.2, 0) is 35.9 Å². The average molecular weight is 497 g/mol. The van der Waals surface area contributed by atoms with E-state index in [1.54, 1.807) is 20.8 Å². The minimum Gasteiger partial charge on any atom is -0.481 e. The summed E-state index contributed by atoms with van der Waals surface area (Å²) < 4.78 is 29.2. The molecular weight excluding hydrogens is 460 g/mol. The van der Waals surface area contributed by atoms with E-state index in [0.29, 0.717) is 38.9 Å². The Kier molecular flexibility index (Phi) is 16.7. The zero-order valence-corrected chi connectivity index (χ0v) is 20.8. The second-order valence-corrected chi connectivity index (χ2v) is 9.81.